The smallest absolute Gasteiger partial charge is 0.244 e. The number of nitrogens with zero attached hydrogens (tertiary/aromatic N) is 1. The van der Waals surface area contributed by atoms with Crippen molar-refractivity contribution in [3.63, 3.8) is 0 Å². The van der Waals surface area contributed by atoms with Crippen LogP contribution in [-0.2, 0) is 4.79 Å². The minimum absolute atomic E-state index is 0.165. The van der Waals surface area contributed by atoms with Crippen molar-refractivity contribution in [2.45, 2.75) is 59.3 Å². The summed E-state index contributed by atoms with van der Waals surface area (Å²) in [4.78, 5) is 12.7. The molecule has 1 aromatic rings. The Morgan fingerprint density at radius 1 is 1.24 bits per heavy atom. The lowest BCUT2D eigenvalue weighted by atomic mass is 9.79. The maximum Gasteiger partial charge on any atom is 0.244 e. The number of anilines is 1. The first-order chi connectivity index (χ1) is 10.0. The van der Waals surface area contributed by atoms with E-state index in [1.807, 2.05) is 38.1 Å². The highest BCUT2D eigenvalue weighted by Crippen LogP contribution is 2.32. The second kappa shape index (κ2) is 7.83. The van der Waals surface area contributed by atoms with Crippen LogP contribution < -0.4 is 5.32 Å². The van der Waals surface area contributed by atoms with Gasteiger partial charge in [-0.15, -0.1) is 0 Å². The van der Waals surface area contributed by atoms with E-state index in [-0.39, 0.29) is 5.91 Å². The van der Waals surface area contributed by atoms with Crippen LogP contribution in [0.25, 0.3) is 0 Å². The van der Waals surface area contributed by atoms with Crippen molar-refractivity contribution < 1.29 is 4.79 Å². The van der Waals surface area contributed by atoms with Gasteiger partial charge in [-0.05, 0) is 30.4 Å². The number of carbonyl (C=O) groups is 1. The molecule has 0 unspecified atom stereocenters. The number of nitrogens with one attached hydrogen (secondary N) is 1. The molecule has 0 fully saturated rings. The lowest BCUT2D eigenvalue weighted by Crippen LogP contribution is -2.35. The zero-order valence-electron chi connectivity index (χ0n) is 13.6. The molecule has 0 saturated carbocycles. The average Bonchev–Trinajstić information content (AvgIpc) is 2.47. The Bertz CT molecular complexity index is 508. The number of benzene rings is 1. The quantitative estimate of drug-likeness (QED) is 0.778. The van der Waals surface area contributed by atoms with Gasteiger partial charge in [0.15, 0.2) is 0 Å². The molecular weight excluding hydrogens is 260 g/mol. The van der Waals surface area contributed by atoms with Gasteiger partial charge in [0.25, 0.3) is 0 Å². The van der Waals surface area contributed by atoms with Crippen molar-refractivity contribution in [2.24, 2.45) is 5.41 Å². The molecule has 0 aliphatic carbocycles. The molecule has 0 aromatic heterocycles. The Labute approximate surface area is 128 Å². The zero-order valence-corrected chi connectivity index (χ0v) is 13.6. The Morgan fingerprint density at radius 2 is 1.81 bits per heavy atom. The molecule has 0 saturated heterocycles. The van der Waals surface area contributed by atoms with Crippen LogP contribution >= 0.6 is 0 Å². The van der Waals surface area contributed by atoms with Crippen molar-refractivity contribution in [3.8, 4) is 6.07 Å². The lowest BCUT2D eigenvalue weighted by molar-refractivity contribution is -0.123. The zero-order chi connectivity index (χ0) is 15.9. The van der Waals surface area contributed by atoms with Crippen LogP contribution in [0.15, 0.2) is 24.3 Å². The van der Waals surface area contributed by atoms with Crippen LogP contribution in [0.4, 0.5) is 5.69 Å². The van der Waals surface area contributed by atoms with Gasteiger partial charge in [-0.2, -0.15) is 5.26 Å². The molecule has 114 valence electrons. The van der Waals surface area contributed by atoms with Crippen LogP contribution in [0, 0.1) is 16.7 Å². The maximum atomic E-state index is 12.7. The van der Waals surface area contributed by atoms with E-state index in [1.165, 1.54) is 0 Å². The molecular formula is C18H26N2O. The molecule has 3 heteroatoms. The molecule has 0 bridgehead atoms. The van der Waals surface area contributed by atoms with E-state index in [9.17, 15) is 10.1 Å². The normalized spacial score (nSPS) is 11.2. The van der Waals surface area contributed by atoms with Crippen LogP contribution in [0.1, 0.15) is 64.9 Å². The molecule has 0 aliphatic heterocycles. The highest BCUT2D eigenvalue weighted by Gasteiger charge is 2.37. The summed E-state index contributed by atoms with van der Waals surface area (Å²) in [5.41, 5.74) is 1.02. The fourth-order valence-corrected chi connectivity index (χ4v) is 2.72. The molecule has 1 rings (SSSR count). The molecule has 0 heterocycles. The number of carbonyl (C=O) groups excluding carboxylic acids is 1. The van der Waals surface area contributed by atoms with E-state index < -0.39 is 5.41 Å². The van der Waals surface area contributed by atoms with Gasteiger partial charge in [-0.25, -0.2) is 0 Å². The fraction of sp³-hybridized carbons (Fsp3) is 0.556. The second-order valence-electron chi connectivity index (χ2n) is 5.89. The summed E-state index contributed by atoms with van der Waals surface area (Å²) >= 11 is 0. The molecule has 1 aromatic carbocycles. The van der Waals surface area contributed by atoms with Crippen molar-refractivity contribution in [1.29, 1.82) is 5.26 Å². The molecule has 21 heavy (non-hydrogen) atoms. The first-order valence-corrected chi connectivity index (χ1v) is 7.82. The number of rotatable bonds is 7. The second-order valence-corrected chi connectivity index (χ2v) is 5.89. The Morgan fingerprint density at radius 3 is 2.29 bits per heavy atom. The van der Waals surface area contributed by atoms with Crippen molar-refractivity contribution in [3.05, 3.63) is 29.8 Å². The highest BCUT2D eigenvalue weighted by atomic mass is 16.2. The topological polar surface area (TPSA) is 52.9 Å². The Balaban J connectivity index is 3.05. The number of hydrogen-bond acceptors (Lipinski definition) is 2. The highest BCUT2D eigenvalue weighted by molar-refractivity contribution is 5.97. The largest absolute Gasteiger partial charge is 0.324 e. The molecule has 0 radical (unpaired) electrons. The summed E-state index contributed by atoms with van der Waals surface area (Å²) < 4.78 is 0. The van der Waals surface area contributed by atoms with Gasteiger partial charge < -0.3 is 5.32 Å². The third kappa shape index (κ3) is 4.07. The third-order valence-corrected chi connectivity index (χ3v) is 3.83. The first kappa shape index (κ1) is 17.2. The van der Waals surface area contributed by atoms with Crippen molar-refractivity contribution in [1.82, 2.24) is 0 Å². The fourth-order valence-electron chi connectivity index (χ4n) is 2.72. The standard InChI is InChI=1S/C18H26N2O/c1-5-11-18(13-19,12-6-2)17(21)20-16-10-8-7-9-15(16)14(3)4/h7-10,14H,5-6,11-12H2,1-4H3,(H,20,21). The summed E-state index contributed by atoms with van der Waals surface area (Å²) in [6, 6.07) is 10.1. The summed E-state index contributed by atoms with van der Waals surface area (Å²) in [7, 11) is 0. The predicted molar refractivity (Wildman–Crippen MR) is 87.0 cm³/mol. The van der Waals surface area contributed by atoms with Crippen LogP contribution in [-0.4, -0.2) is 5.91 Å². The minimum atomic E-state index is -0.909. The number of para-hydroxylation sites is 1. The van der Waals surface area contributed by atoms with Gasteiger partial charge in [0.2, 0.25) is 5.91 Å². The van der Waals surface area contributed by atoms with Gasteiger partial charge in [-0.1, -0.05) is 58.7 Å². The van der Waals surface area contributed by atoms with Gasteiger partial charge >= 0.3 is 0 Å². The van der Waals surface area contributed by atoms with E-state index >= 15 is 0 Å². The molecule has 3 nitrogen and oxygen atoms in total. The Kier molecular flexibility index (Phi) is 6.42. The lowest BCUT2D eigenvalue weighted by Gasteiger charge is -2.25. The minimum Gasteiger partial charge on any atom is -0.324 e. The van der Waals surface area contributed by atoms with E-state index in [4.69, 9.17) is 0 Å². The van der Waals surface area contributed by atoms with Gasteiger partial charge in [0.1, 0.15) is 5.41 Å². The van der Waals surface area contributed by atoms with E-state index in [0.717, 1.165) is 24.1 Å². The van der Waals surface area contributed by atoms with Crippen LogP contribution in [0.2, 0.25) is 0 Å². The Hall–Kier alpha value is -1.82. The van der Waals surface area contributed by atoms with Gasteiger partial charge in [-0.3, -0.25) is 4.79 Å². The number of nitriles is 1. The van der Waals surface area contributed by atoms with E-state index in [0.29, 0.717) is 18.8 Å². The molecule has 0 atom stereocenters. The monoisotopic (exact) mass is 286 g/mol. The van der Waals surface area contributed by atoms with E-state index in [1.54, 1.807) is 0 Å². The molecule has 1 N–H and O–H groups in total. The first-order valence-electron chi connectivity index (χ1n) is 7.82. The van der Waals surface area contributed by atoms with Crippen LogP contribution in [0.3, 0.4) is 0 Å². The third-order valence-electron chi connectivity index (χ3n) is 3.83. The van der Waals surface area contributed by atoms with Crippen molar-refractivity contribution >= 4 is 11.6 Å². The summed E-state index contributed by atoms with van der Waals surface area (Å²) in [5, 5.41) is 12.5. The molecule has 0 spiro atoms. The predicted octanol–water partition coefficient (Wildman–Crippen LogP) is 4.86. The summed E-state index contributed by atoms with van der Waals surface area (Å²) in [6.07, 6.45) is 2.86. The van der Waals surface area contributed by atoms with Gasteiger partial charge in [0, 0.05) is 5.69 Å². The number of hydrogen-bond donors (Lipinski definition) is 1. The van der Waals surface area contributed by atoms with Crippen molar-refractivity contribution in [2.75, 3.05) is 5.32 Å². The SMILES string of the molecule is CCCC(C#N)(CCC)C(=O)Nc1ccccc1C(C)C. The molecule has 1 amide bonds. The molecule has 0 aliphatic rings. The maximum absolute atomic E-state index is 12.7. The van der Waals surface area contributed by atoms with Crippen LogP contribution in [0.5, 0.6) is 0 Å². The number of amides is 1. The summed E-state index contributed by atoms with van der Waals surface area (Å²) in [5.74, 6) is 0.164. The summed E-state index contributed by atoms with van der Waals surface area (Å²) in [6.45, 7) is 8.22. The average molecular weight is 286 g/mol. The van der Waals surface area contributed by atoms with E-state index in [2.05, 4.69) is 25.2 Å². The van der Waals surface area contributed by atoms with Gasteiger partial charge in [0.05, 0.1) is 6.07 Å².